The Morgan fingerprint density at radius 1 is 1.52 bits per heavy atom. The van der Waals surface area contributed by atoms with Gasteiger partial charge in [-0.15, -0.1) is 0 Å². The highest BCUT2D eigenvalue weighted by Gasteiger charge is 2.33. The fourth-order valence-electron chi connectivity index (χ4n) is 2.38. The van der Waals surface area contributed by atoms with E-state index >= 15 is 0 Å². The lowest BCUT2D eigenvalue weighted by Gasteiger charge is -2.35. The Balaban J connectivity index is 2.53. The predicted molar refractivity (Wildman–Crippen MR) is 88.7 cm³/mol. The van der Waals surface area contributed by atoms with Crippen molar-refractivity contribution in [1.29, 1.82) is 0 Å². The number of allylic oxidation sites excluding steroid dienone is 1. The van der Waals surface area contributed by atoms with E-state index in [1.54, 1.807) is 37.9 Å². The predicted octanol–water partition coefficient (Wildman–Crippen LogP) is 2.29. The summed E-state index contributed by atoms with van der Waals surface area (Å²) < 4.78 is 5.12. The molecular weight excluding hydrogens is 318 g/mol. The molecule has 8 heteroatoms. The molecule has 1 aromatic rings. The number of thiocarbonyl (C=S) groups is 1. The smallest absolute Gasteiger partial charge is 0.338 e. The maximum Gasteiger partial charge on any atom is 0.338 e. The molecule has 1 heterocycles. The fraction of sp³-hybridized carbons (Fsp3) is 0.333. The second-order valence-corrected chi connectivity index (χ2v) is 5.40. The van der Waals surface area contributed by atoms with Crippen LogP contribution < -0.4 is 5.32 Å². The number of nitro groups is 1. The SMILES string of the molecule is CCOC(=O)C1=C(C)N(C)C(=S)N[C@H]1c1cccc([N+](=O)[O-])c1. The van der Waals surface area contributed by atoms with Crippen molar-refractivity contribution >= 4 is 29.0 Å². The quantitative estimate of drug-likeness (QED) is 0.391. The van der Waals surface area contributed by atoms with Crippen LogP contribution in [-0.2, 0) is 9.53 Å². The third-order valence-electron chi connectivity index (χ3n) is 3.66. The largest absolute Gasteiger partial charge is 0.463 e. The zero-order valence-electron chi connectivity index (χ0n) is 13.0. The van der Waals surface area contributed by atoms with E-state index in [1.807, 2.05) is 0 Å². The standard InChI is InChI=1S/C15H17N3O4S/c1-4-22-14(19)12-9(2)17(3)15(23)16-13(12)10-6-5-7-11(8-10)18(20)21/h5-8,13H,4H2,1-3H3,(H,16,23)/t13-/m0/s1. The molecule has 0 amide bonds. The number of esters is 1. The van der Waals surface area contributed by atoms with Crippen LogP contribution >= 0.6 is 12.2 Å². The molecule has 0 unspecified atom stereocenters. The maximum atomic E-state index is 12.3. The van der Waals surface area contributed by atoms with Crippen LogP contribution in [0, 0.1) is 10.1 Å². The lowest BCUT2D eigenvalue weighted by molar-refractivity contribution is -0.384. The first-order valence-corrected chi connectivity index (χ1v) is 7.44. The van der Waals surface area contributed by atoms with Crippen molar-refractivity contribution < 1.29 is 14.5 Å². The van der Waals surface area contributed by atoms with Gasteiger partial charge < -0.3 is 15.0 Å². The Morgan fingerprint density at radius 2 is 2.22 bits per heavy atom. The number of ether oxygens (including phenoxy) is 1. The number of nitrogens with one attached hydrogen (secondary N) is 1. The summed E-state index contributed by atoms with van der Waals surface area (Å²) >= 11 is 5.27. The van der Waals surface area contributed by atoms with Crippen molar-refractivity contribution in [2.24, 2.45) is 0 Å². The Kier molecular flexibility index (Phi) is 4.95. The summed E-state index contributed by atoms with van der Waals surface area (Å²) in [7, 11) is 1.74. The first kappa shape index (κ1) is 16.9. The van der Waals surface area contributed by atoms with Gasteiger partial charge in [-0.25, -0.2) is 4.79 Å². The summed E-state index contributed by atoms with van der Waals surface area (Å²) in [6.07, 6.45) is 0. The second-order valence-electron chi connectivity index (χ2n) is 5.01. The van der Waals surface area contributed by atoms with E-state index in [0.29, 0.717) is 21.9 Å². The molecule has 0 spiro atoms. The van der Waals surface area contributed by atoms with Crippen molar-refractivity contribution in [2.45, 2.75) is 19.9 Å². The van der Waals surface area contributed by atoms with Crippen LogP contribution in [-0.4, -0.2) is 34.6 Å². The van der Waals surface area contributed by atoms with Gasteiger partial charge in [-0.3, -0.25) is 10.1 Å². The molecule has 0 aliphatic carbocycles. The minimum atomic E-state index is -0.586. The van der Waals surface area contributed by atoms with Crippen LogP contribution in [0.4, 0.5) is 5.69 Å². The first-order valence-electron chi connectivity index (χ1n) is 7.03. The number of nitrogens with zero attached hydrogens (tertiary/aromatic N) is 2. The topological polar surface area (TPSA) is 84.7 Å². The van der Waals surface area contributed by atoms with Crippen molar-refractivity contribution in [3.05, 3.63) is 51.2 Å². The van der Waals surface area contributed by atoms with Gasteiger partial charge in [0.2, 0.25) is 0 Å². The first-order chi connectivity index (χ1) is 10.9. The summed E-state index contributed by atoms with van der Waals surface area (Å²) in [6, 6.07) is 5.53. The Morgan fingerprint density at radius 3 is 2.83 bits per heavy atom. The van der Waals surface area contributed by atoms with E-state index in [4.69, 9.17) is 17.0 Å². The molecule has 1 aromatic carbocycles. The van der Waals surface area contributed by atoms with Crippen molar-refractivity contribution in [1.82, 2.24) is 10.2 Å². The average molecular weight is 335 g/mol. The molecule has 0 saturated carbocycles. The molecular formula is C15H17N3O4S. The van der Waals surface area contributed by atoms with E-state index in [0.717, 1.165) is 0 Å². The second kappa shape index (κ2) is 6.74. The van der Waals surface area contributed by atoms with Crippen LogP contribution in [0.25, 0.3) is 0 Å². The number of carbonyl (C=O) groups is 1. The molecule has 1 aliphatic heterocycles. The molecule has 7 nitrogen and oxygen atoms in total. The van der Waals surface area contributed by atoms with Crippen LogP contribution in [0.15, 0.2) is 35.5 Å². The lowest BCUT2D eigenvalue weighted by atomic mass is 9.95. The number of hydrogen-bond donors (Lipinski definition) is 1. The Hall–Kier alpha value is -2.48. The highest BCUT2D eigenvalue weighted by atomic mass is 32.1. The zero-order chi connectivity index (χ0) is 17.1. The van der Waals surface area contributed by atoms with Gasteiger partial charge in [0, 0.05) is 24.9 Å². The summed E-state index contributed by atoms with van der Waals surface area (Å²) in [5, 5.41) is 14.5. The molecule has 0 aromatic heterocycles. The third kappa shape index (κ3) is 3.31. The average Bonchev–Trinajstić information content (AvgIpc) is 2.52. The van der Waals surface area contributed by atoms with E-state index < -0.39 is 16.9 Å². The number of non-ortho nitro benzene ring substituents is 1. The van der Waals surface area contributed by atoms with E-state index in [-0.39, 0.29) is 12.3 Å². The van der Waals surface area contributed by atoms with Gasteiger partial charge in [0.1, 0.15) is 0 Å². The number of benzene rings is 1. The van der Waals surface area contributed by atoms with Crippen molar-refractivity contribution in [3.8, 4) is 0 Å². The highest BCUT2D eigenvalue weighted by Crippen LogP contribution is 2.32. The Bertz CT molecular complexity index is 702. The number of rotatable bonds is 4. The summed E-state index contributed by atoms with van der Waals surface area (Å²) in [5.41, 5.74) is 1.58. The van der Waals surface area contributed by atoms with Crippen LogP contribution in [0.2, 0.25) is 0 Å². The minimum absolute atomic E-state index is 0.0463. The number of nitro benzene ring substituents is 1. The summed E-state index contributed by atoms with van der Waals surface area (Å²) in [5.74, 6) is -0.469. The minimum Gasteiger partial charge on any atom is -0.463 e. The third-order valence-corrected chi connectivity index (χ3v) is 4.06. The van der Waals surface area contributed by atoms with Crippen molar-refractivity contribution in [2.75, 3.05) is 13.7 Å². The molecule has 0 radical (unpaired) electrons. The lowest BCUT2D eigenvalue weighted by Crippen LogP contribution is -2.46. The molecule has 1 N–H and O–H groups in total. The van der Waals surface area contributed by atoms with Gasteiger partial charge >= 0.3 is 5.97 Å². The molecule has 0 bridgehead atoms. The molecule has 23 heavy (non-hydrogen) atoms. The van der Waals surface area contributed by atoms with Crippen LogP contribution in [0.1, 0.15) is 25.5 Å². The van der Waals surface area contributed by atoms with Crippen molar-refractivity contribution in [3.63, 3.8) is 0 Å². The molecule has 0 saturated heterocycles. The van der Waals surface area contributed by atoms with Crippen LogP contribution in [0.3, 0.4) is 0 Å². The number of hydrogen-bond acceptors (Lipinski definition) is 5. The van der Waals surface area contributed by atoms with Gasteiger partial charge in [0.05, 0.1) is 23.1 Å². The van der Waals surface area contributed by atoms with Gasteiger partial charge in [-0.05, 0) is 31.6 Å². The van der Waals surface area contributed by atoms with Gasteiger partial charge in [-0.1, -0.05) is 12.1 Å². The maximum absolute atomic E-state index is 12.3. The van der Waals surface area contributed by atoms with E-state index in [1.165, 1.54) is 12.1 Å². The molecule has 1 aliphatic rings. The molecule has 0 fully saturated rings. The molecule has 122 valence electrons. The molecule has 2 rings (SSSR count). The zero-order valence-corrected chi connectivity index (χ0v) is 13.8. The monoisotopic (exact) mass is 335 g/mol. The highest BCUT2D eigenvalue weighted by molar-refractivity contribution is 7.80. The van der Waals surface area contributed by atoms with E-state index in [9.17, 15) is 14.9 Å². The van der Waals surface area contributed by atoms with Crippen LogP contribution in [0.5, 0.6) is 0 Å². The fourth-order valence-corrected chi connectivity index (χ4v) is 2.63. The Labute approximate surface area is 139 Å². The summed E-state index contributed by atoms with van der Waals surface area (Å²) in [4.78, 5) is 24.5. The van der Waals surface area contributed by atoms with E-state index in [2.05, 4.69) is 5.32 Å². The summed E-state index contributed by atoms with van der Waals surface area (Å²) in [6.45, 7) is 3.73. The van der Waals surface area contributed by atoms with Gasteiger partial charge in [0.15, 0.2) is 5.11 Å². The van der Waals surface area contributed by atoms with Gasteiger partial charge in [-0.2, -0.15) is 0 Å². The van der Waals surface area contributed by atoms with Gasteiger partial charge in [0.25, 0.3) is 5.69 Å². The molecule has 1 atom stereocenters. The normalized spacial score (nSPS) is 17.8. The number of carbonyl (C=O) groups excluding carboxylic acids is 1.